The molecule has 4 nitrogen and oxygen atoms in total. The van der Waals surface area contributed by atoms with Crippen LogP contribution in [0.15, 0.2) is 23.1 Å². The summed E-state index contributed by atoms with van der Waals surface area (Å²) in [5.74, 6) is -0.403. The van der Waals surface area contributed by atoms with Gasteiger partial charge in [-0.2, -0.15) is 0 Å². The highest BCUT2D eigenvalue weighted by Crippen LogP contribution is 2.38. The van der Waals surface area contributed by atoms with Crippen molar-refractivity contribution in [3.05, 3.63) is 23.1 Å². The molecule has 1 unspecified atom stereocenters. The first-order valence-corrected chi connectivity index (χ1v) is 6.45. The number of hydrogen-bond acceptors (Lipinski definition) is 3. The molecule has 0 radical (unpaired) electrons. The summed E-state index contributed by atoms with van der Waals surface area (Å²) in [6.07, 6.45) is 4.59. The van der Waals surface area contributed by atoms with Crippen LogP contribution in [0.2, 0.25) is 0 Å². The molecule has 0 aromatic rings. The Kier molecular flexibility index (Phi) is 2.42. The summed E-state index contributed by atoms with van der Waals surface area (Å²) in [6, 6.07) is 0. The third-order valence-corrected chi connectivity index (χ3v) is 4.44. The Morgan fingerprint density at radius 2 is 2.27 bits per heavy atom. The lowest BCUT2D eigenvalue weighted by molar-refractivity contribution is -0.116. The lowest BCUT2D eigenvalue weighted by atomic mass is 9.85. The van der Waals surface area contributed by atoms with Gasteiger partial charge in [-0.15, -0.1) is 6.58 Å². The molecule has 0 aromatic carbocycles. The maximum absolute atomic E-state index is 11.5. The molecule has 0 saturated carbocycles. The van der Waals surface area contributed by atoms with Gasteiger partial charge in [-0.05, 0) is 31.6 Å². The number of hydrogen-bond donors (Lipinski definition) is 1. The van der Waals surface area contributed by atoms with Crippen LogP contribution in [0.1, 0.15) is 25.7 Å². The molecule has 2 aliphatic rings. The van der Waals surface area contributed by atoms with E-state index in [1.807, 2.05) is 4.72 Å². The summed E-state index contributed by atoms with van der Waals surface area (Å²) < 4.78 is 25.1. The first-order valence-electron chi connectivity index (χ1n) is 4.97. The Bertz CT molecular complexity index is 447. The fourth-order valence-corrected chi connectivity index (χ4v) is 3.72. The van der Waals surface area contributed by atoms with E-state index in [0.717, 1.165) is 12.8 Å². The highest BCUT2D eigenvalue weighted by molar-refractivity contribution is 7.94. The van der Waals surface area contributed by atoms with Gasteiger partial charge in [0.25, 0.3) is 15.9 Å². The van der Waals surface area contributed by atoms with Gasteiger partial charge in [0.05, 0.1) is 4.91 Å². The van der Waals surface area contributed by atoms with Gasteiger partial charge in [0, 0.05) is 5.57 Å². The molecule has 15 heavy (non-hydrogen) atoms. The molecule has 2 rings (SSSR count). The highest BCUT2D eigenvalue weighted by Gasteiger charge is 2.40. The Balaban J connectivity index is 2.47. The number of carbonyl (C=O) groups excluding carboxylic acids is 1. The van der Waals surface area contributed by atoms with Crippen molar-refractivity contribution in [2.24, 2.45) is 5.92 Å². The van der Waals surface area contributed by atoms with Crippen LogP contribution in [0.4, 0.5) is 0 Å². The lowest BCUT2D eigenvalue weighted by Gasteiger charge is -2.20. The zero-order chi connectivity index (χ0) is 11.1. The topological polar surface area (TPSA) is 63.2 Å². The van der Waals surface area contributed by atoms with Crippen LogP contribution in [0.3, 0.4) is 0 Å². The minimum absolute atomic E-state index is 0.0310. The molecule has 0 spiro atoms. The SMILES string of the molecule is C=CCC1CCCC2=C1C(=O)NS2(=O)=O. The molecule has 1 aliphatic carbocycles. The third-order valence-electron chi connectivity index (χ3n) is 2.91. The minimum Gasteiger partial charge on any atom is -0.269 e. The number of nitrogens with one attached hydrogen (secondary N) is 1. The summed E-state index contributed by atoms with van der Waals surface area (Å²) in [5, 5.41) is 0. The smallest absolute Gasteiger partial charge is 0.262 e. The first kappa shape index (κ1) is 10.4. The van der Waals surface area contributed by atoms with Crippen molar-refractivity contribution in [3.8, 4) is 0 Å². The van der Waals surface area contributed by atoms with Crippen LogP contribution in [-0.4, -0.2) is 14.3 Å². The average Bonchev–Trinajstić information content (AvgIpc) is 2.39. The number of amides is 1. The van der Waals surface area contributed by atoms with E-state index < -0.39 is 15.9 Å². The van der Waals surface area contributed by atoms with Crippen molar-refractivity contribution < 1.29 is 13.2 Å². The monoisotopic (exact) mass is 227 g/mol. The molecule has 1 N–H and O–H groups in total. The molecule has 1 amide bonds. The summed E-state index contributed by atoms with van der Waals surface area (Å²) in [6.45, 7) is 3.63. The summed E-state index contributed by atoms with van der Waals surface area (Å²) in [4.78, 5) is 11.8. The zero-order valence-electron chi connectivity index (χ0n) is 8.32. The quantitative estimate of drug-likeness (QED) is 0.718. The zero-order valence-corrected chi connectivity index (χ0v) is 9.14. The first-order chi connectivity index (χ1) is 7.06. The molecule has 0 aromatic heterocycles. The van der Waals surface area contributed by atoms with Gasteiger partial charge >= 0.3 is 0 Å². The highest BCUT2D eigenvalue weighted by atomic mass is 32.2. The predicted molar refractivity (Wildman–Crippen MR) is 56.2 cm³/mol. The summed E-state index contributed by atoms with van der Waals surface area (Å²) >= 11 is 0. The minimum atomic E-state index is -3.50. The van der Waals surface area contributed by atoms with Gasteiger partial charge < -0.3 is 0 Å². The van der Waals surface area contributed by atoms with Gasteiger partial charge in [0.2, 0.25) is 0 Å². The lowest BCUT2D eigenvalue weighted by Crippen LogP contribution is -2.24. The van der Waals surface area contributed by atoms with E-state index in [2.05, 4.69) is 6.58 Å². The third kappa shape index (κ3) is 1.61. The van der Waals surface area contributed by atoms with Gasteiger partial charge in [-0.3, -0.25) is 4.79 Å². The van der Waals surface area contributed by atoms with E-state index in [1.54, 1.807) is 6.08 Å². The van der Waals surface area contributed by atoms with E-state index in [1.165, 1.54) is 0 Å². The van der Waals surface area contributed by atoms with Crippen LogP contribution in [0, 0.1) is 5.92 Å². The van der Waals surface area contributed by atoms with Crippen molar-refractivity contribution in [1.29, 1.82) is 0 Å². The number of carbonyl (C=O) groups is 1. The Labute approximate surface area is 89.1 Å². The van der Waals surface area contributed by atoms with Crippen LogP contribution in [0.25, 0.3) is 0 Å². The Morgan fingerprint density at radius 3 is 2.93 bits per heavy atom. The van der Waals surface area contributed by atoms with Crippen molar-refractivity contribution in [2.45, 2.75) is 25.7 Å². The maximum atomic E-state index is 11.5. The molecule has 0 saturated heterocycles. The fraction of sp³-hybridized carbons (Fsp3) is 0.500. The molecule has 1 aliphatic heterocycles. The van der Waals surface area contributed by atoms with Gasteiger partial charge in [0.15, 0.2) is 0 Å². The van der Waals surface area contributed by atoms with Crippen LogP contribution in [-0.2, 0) is 14.8 Å². The normalized spacial score (nSPS) is 28.5. The van der Waals surface area contributed by atoms with Crippen molar-refractivity contribution >= 4 is 15.9 Å². The van der Waals surface area contributed by atoms with Crippen molar-refractivity contribution in [2.75, 3.05) is 0 Å². The second kappa shape index (κ2) is 3.48. The molecular formula is C10H13NO3S. The van der Waals surface area contributed by atoms with E-state index in [-0.39, 0.29) is 5.92 Å². The largest absolute Gasteiger partial charge is 0.269 e. The van der Waals surface area contributed by atoms with Crippen molar-refractivity contribution in [3.63, 3.8) is 0 Å². The van der Waals surface area contributed by atoms with Gasteiger partial charge in [0.1, 0.15) is 0 Å². The molecule has 5 heteroatoms. The number of sulfonamides is 1. The van der Waals surface area contributed by atoms with E-state index in [4.69, 9.17) is 0 Å². The summed E-state index contributed by atoms with van der Waals surface area (Å²) in [7, 11) is -3.50. The Morgan fingerprint density at radius 1 is 1.53 bits per heavy atom. The van der Waals surface area contributed by atoms with E-state index >= 15 is 0 Å². The number of allylic oxidation sites excluding steroid dienone is 2. The van der Waals surface area contributed by atoms with E-state index in [9.17, 15) is 13.2 Å². The molecule has 0 bridgehead atoms. The van der Waals surface area contributed by atoms with Crippen LogP contribution < -0.4 is 4.72 Å². The fourth-order valence-electron chi connectivity index (χ4n) is 2.28. The molecule has 0 fully saturated rings. The average molecular weight is 227 g/mol. The molecule has 1 heterocycles. The summed E-state index contributed by atoms with van der Waals surface area (Å²) in [5.41, 5.74) is 0.473. The molecule has 82 valence electrons. The maximum Gasteiger partial charge on any atom is 0.262 e. The van der Waals surface area contributed by atoms with Crippen LogP contribution >= 0.6 is 0 Å². The Hall–Kier alpha value is -1.10. The second-order valence-electron chi connectivity index (χ2n) is 3.89. The van der Waals surface area contributed by atoms with Crippen molar-refractivity contribution in [1.82, 2.24) is 4.72 Å². The molecule has 1 atom stereocenters. The number of rotatable bonds is 2. The predicted octanol–water partition coefficient (Wildman–Crippen LogP) is 1.08. The standard InChI is InChI=1S/C10H13NO3S/c1-2-4-7-5-3-6-8-9(7)10(12)11-15(8,13)14/h2,7H,1,3-6H2,(H,11,12). The van der Waals surface area contributed by atoms with Gasteiger partial charge in [-0.1, -0.05) is 6.08 Å². The molecular weight excluding hydrogens is 214 g/mol. The van der Waals surface area contributed by atoms with Gasteiger partial charge in [-0.25, -0.2) is 13.1 Å². The second-order valence-corrected chi connectivity index (χ2v) is 5.59. The van der Waals surface area contributed by atoms with E-state index in [0.29, 0.717) is 23.3 Å². The van der Waals surface area contributed by atoms with Crippen LogP contribution in [0.5, 0.6) is 0 Å².